The van der Waals surface area contributed by atoms with Gasteiger partial charge in [0.05, 0.1) is 37.9 Å². The number of hydrogen-bond acceptors (Lipinski definition) is 4. The molecule has 0 aliphatic carbocycles. The average molecular weight is 393 g/mol. The van der Waals surface area contributed by atoms with Crippen molar-refractivity contribution < 1.29 is 4.74 Å². The van der Waals surface area contributed by atoms with Crippen molar-refractivity contribution >= 4 is 5.96 Å². The molecule has 1 saturated heterocycles. The second kappa shape index (κ2) is 8.91. The van der Waals surface area contributed by atoms with Gasteiger partial charge in [-0.2, -0.15) is 5.10 Å². The van der Waals surface area contributed by atoms with Crippen LogP contribution in [0, 0.1) is 0 Å². The molecule has 1 aromatic carbocycles. The second-order valence-corrected chi connectivity index (χ2v) is 7.02. The van der Waals surface area contributed by atoms with Gasteiger partial charge in [0.15, 0.2) is 5.96 Å². The number of rotatable bonds is 5. The van der Waals surface area contributed by atoms with Gasteiger partial charge in [0.25, 0.3) is 0 Å². The summed E-state index contributed by atoms with van der Waals surface area (Å²) >= 11 is 0. The van der Waals surface area contributed by atoms with Gasteiger partial charge in [-0.3, -0.25) is 4.68 Å². The molecule has 3 aromatic rings. The second-order valence-electron chi connectivity index (χ2n) is 7.02. The predicted molar refractivity (Wildman–Crippen MR) is 112 cm³/mol. The number of nitrogens with one attached hydrogen (secondary N) is 1. The van der Waals surface area contributed by atoms with Crippen LogP contribution in [0.4, 0.5) is 0 Å². The van der Waals surface area contributed by atoms with E-state index in [-0.39, 0.29) is 6.10 Å². The van der Waals surface area contributed by atoms with E-state index >= 15 is 0 Å². The Kier molecular flexibility index (Phi) is 5.90. The lowest BCUT2D eigenvalue weighted by atomic mass is 10.1. The van der Waals surface area contributed by atoms with Crippen molar-refractivity contribution in [1.82, 2.24) is 29.5 Å². The Balaban J connectivity index is 1.53. The van der Waals surface area contributed by atoms with E-state index in [0.29, 0.717) is 13.2 Å². The summed E-state index contributed by atoms with van der Waals surface area (Å²) in [6, 6.07) is 8.28. The van der Waals surface area contributed by atoms with Crippen LogP contribution < -0.4 is 5.32 Å². The maximum atomic E-state index is 5.98. The number of aliphatic imine (C=N–C) groups is 1. The SMILES string of the molecule is CCNC(=NCc1ccccc1-n1ccnc1)N1CCOC(c2cnn(C)c2)C1. The molecule has 8 nitrogen and oxygen atoms in total. The highest BCUT2D eigenvalue weighted by Crippen LogP contribution is 2.22. The van der Waals surface area contributed by atoms with E-state index in [0.717, 1.165) is 42.4 Å². The monoisotopic (exact) mass is 393 g/mol. The Morgan fingerprint density at radius 1 is 1.34 bits per heavy atom. The molecule has 1 fully saturated rings. The number of guanidine groups is 1. The molecule has 1 atom stereocenters. The van der Waals surface area contributed by atoms with Gasteiger partial charge >= 0.3 is 0 Å². The Bertz CT molecular complexity index is 948. The molecule has 3 heterocycles. The molecule has 0 amide bonds. The largest absolute Gasteiger partial charge is 0.370 e. The molecule has 1 aliphatic heterocycles. The zero-order valence-corrected chi connectivity index (χ0v) is 16.9. The summed E-state index contributed by atoms with van der Waals surface area (Å²) in [7, 11) is 1.92. The van der Waals surface area contributed by atoms with Crippen molar-refractivity contribution in [2.45, 2.75) is 19.6 Å². The maximum absolute atomic E-state index is 5.98. The number of morpholine rings is 1. The van der Waals surface area contributed by atoms with Crippen molar-refractivity contribution in [1.29, 1.82) is 0 Å². The lowest BCUT2D eigenvalue weighted by molar-refractivity contribution is -0.00805. The standard InChI is InChI=1S/C21H27N7O/c1-3-23-21(27-10-11-29-20(15-27)18-13-25-26(2)14-18)24-12-17-6-4-5-7-19(17)28-9-8-22-16-28/h4-9,13-14,16,20H,3,10-12,15H2,1-2H3,(H,23,24). The van der Waals surface area contributed by atoms with Crippen molar-refractivity contribution in [3.05, 3.63) is 66.5 Å². The molecule has 1 unspecified atom stereocenters. The van der Waals surface area contributed by atoms with E-state index in [1.165, 1.54) is 0 Å². The molecule has 1 N–H and O–H groups in total. The fraction of sp³-hybridized carbons (Fsp3) is 0.381. The molecule has 4 rings (SSSR count). The van der Waals surface area contributed by atoms with Gasteiger partial charge in [-0.1, -0.05) is 18.2 Å². The third kappa shape index (κ3) is 4.48. The molecule has 8 heteroatoms. The highest BCUT2D eigenvalue weighted by molar-refractivity contribution is 5.80. The van der Waals surface area contributed by atoms with Crippen LogP contribution in [0.2, 0.25) is 0 Å². The smallest absolute Gasteiger partial charge is 0.194 e. The van der Waals surface area contributed by atoms with Crippen molar-refractivity contribution in [3.8, 4) is 5.69 Å². The molecule has 0 bridgehead atoms. The van der Waals surface area contributed by atoms with Gasteiger partial charge in [-0.15, -0.1) is 0 Å². The first-order valence-corrected chi connectivity index (χ1v) is 9.94. The van der Waals surface area contributed by atoms with Crippen LogP contribution in [-0.4, -0.2) is 56.4 Å². The van der Waals surface area contributed by atoms with E-state index in [1.807, 2.05) is 53.3 Å². The highest BCUT2D eigenvalue weighted by Gasteiger charge is 2.25. The normalized spacial score (nSPS) is 17.5. The van der Waals surface area contributed by atoms with Crippen molar-refractivity contribution in [2.75, 3.05) is 26.2 Å². The first kappa shape index (κ1) is 19.2. The Morgan fingerprint density at radius 3 is 3.00 bits per heavy atom. The summed E-state index contributed by atoms with van der Waals surface area (Å²) in [4.78, 5) is 11.4. The minimum Gasteiger partial charge on any atom is -0.370 e. The van der Waals surface area contributed by atoms with Gasteiger partial charge in [-0.05, 0) is 18.6 Å². The van der Waals surface area contributed by atoms with Gasteiger partial charge in [0.2, 0.25) is 0 Å². The number of nitrogens with zero attached hydrogens (tertiary/aromatic N) is 6. The lowest BCUT2D eigenvalue weighted by Gasteiger charge is -2.34. The quantitative estimate of drug-likeness (QED) is 0.531. The topological polar surface area (TPSA) is 72.5 Å². The molecule has 0 radical (unpaired) electrons. The number of imidazole rings is 1. The van der Waals surface area contributed by atoms with E-state index in [4.69, 9.17) is 9.73 Å². The Hall–Kier alpha value is -3.13. The minimum absolute atomic E-state index is 0.000425. The van der Waals surface area contributed by atoms with E-state index < -0.39 is 0 Å². The summed E-state index contributed by atoms with van der Waals surface area (Å²) in [5.41, 5.74) is 3.34. The van der Waals surface area contributed by atoms with E-state index in [9.17, 15) is 0 Å². The number of ether oxygens (including phenoxy) is 1. The van der Waals surface area contributed by atoms with Crippen molar-refractivity contribution in [3.63, 3.8) is 0 Å². The van der Waals surface area contributed by atoms with Crippen molar-refractivity contribution in [2.24, 2.45) is 12.0 Å². The van der Waals surface area contributed by atoms with Crippen LogP contribution in [0.1, 0.15) is 24.2 Å². The summed E-state index contributed by atoms with van der Waals surface area (Å²) in [5, 5.41) is 7.71. The van der Waals surface area contributed by atoms with E-state index in [2.05, 4.69) is 39.4 Å². The number of benzene rings is 1. The Morgan fingerprint density at radius 2 is 2.24 bits per heavy atom. The maximum Gasteiger partial charge on any atom is 0.194 e. The lowest BCUT2D eigenvalue weighted by Crippen LogP contribution is -2.48. The fourth-order valence-electron chi connectivity index (χ4n) is 3.53. The summed E-state index contributed by atoms with van der Waals surface area (Å²) < 4.78 is 9.81. The van der Waals surface area contributed by atoms with Crippen LogP contribution >= 0.6 is 0 Å². The van der Waals surface area contributed by atoms with Gasteiger partial charge in [0, 0.05) is 44.3 Å². The molecular weight excluding hydrogens is 366 g/mol. The number of para-hydroxylation sites is 1. The fourth-order valence-corrected chi connectivity index (χ4v) is 3.53. The summed E-state index contributed by atoms with van der Waals surface area (Å²) in [5.74, 6) is 0.908. The third-order valence-electron chi connectivity index (χ3n) is 4.97. The number of aromatic nitrogens is 4. The van der Waals surface area contributed by atoms with E-state index in [1.54, 1.807) is 6.20 Å². The minimum atomic E-state index is -0.000425. The van der Waals surface area contributed by atoms with Gasteiger partial charge < -0.3 is 19.5 Å². The van der Waals surface area contributed by atoms with Crippen LogP contribution in [0.15, 0.2) is 60.4 Å². The molecule has 0 spiro atoms. The molecule has 1 aliphatic rings. The van der Waals surface area contributed by atoms with Gasteiger partial charge in [0.1, 0.15) is 6.10 Å². The molecule has 152 valence electrons. The zero-order valence-electron chi connectivity index (χ0n) is 16.9. The van der Waals surface area contributed by atoms with Crippen LogP contribution in [0.5, 0.6) is 0 Å². The van der Waals surface area contributed by atoms with Gasteiger partial charge in [-0.25, -0.2) is 9.98 Å². The third-order valence-corrected chi connectivity index (χ3v) is 4.97. The molecule has 0 saturated carbocycles. The Labute approximate surface area is 170 Å². The molecular formula is C21H27N7O. The average Bonchev–Trinajstić information content (AvgIpc) is 3.43. The summed E-state index contributed by atoms with van der Waals surface area (Å²) in [6.45, 7) is 5.72. The van der Waals surface area contributed by atoms with Crippen LogP contribution in [0.3, 0.4) is 0 Å². The highest BCUT2D eigenvalue weighted by atomic mass is 16.5. The number of aryl methyl sites for hydroxylation is 1. The summed E-state index contributed by atoms with van der Waals surface area (Å²) in [6.07, 6.45) is 9.44. The molecule has 2 aromatic heterocycles. The first-order valence-electron chi connectivity index (χ1n) is 9.94. The number of hydrogen-bond donors (Lipinski definition) is 1. The van der Waals surface area contributed by atoms with Crippen LogP contribution in [0.25, 0.3) is 5.69 Å². The van der Waals surface area contributed by atoms with Crippen LogP contribution in [-0.2, 0) is 18.3 Å². The first-order chi connectivity index (χ1) is 14.2. The molecule has 29 heavy (non-hydrogen) atoms. The predicted octanol–water partition coefficient (Wildman–Crippen LogP) is 2.14. The zero-order chi connectivity index (χ0) is 20.1.